The van der Waals surface area contributed by atoms with E-state index in [1.54, 1.807) is 0 Å². The van der Waals surface area contributed by atoms with Gasteiger partial charge in [0.1, 0.15) is 11.9 Å². The van der Waals surface area contributed by atoms with E-state index in [9.17, 15) is 0 Å². The first-order valence-electron chi connectivity index (χ1n) is 6.22. The Kier molecular flexibility index (Phi) is 4.00. The van der Waals surface area contributed by atoms with Crippen LogP contribution >= 0.6 is 0 Å². The number of nitrogens with two attached hydrogens (primary N) is 1. The van der Waals surface area contributed by atoms with Crippen LogP contribution in [0.2, 0.25) is 0 Å². The SMILES string of the molecule is Cc1ccc(CN)c(OC(C)c2ccccc2)c1. The summed E-state index contributed by atoms with van der Waals surface area (Å²) in [6.45, 7) is 4.61. The van der Waals surface area contributed by atoms with E-state index in [1.165, 1.54) is 11.1 Å². The largest absolute Gasteiger partial charge is 0.486 e. The van der Waals surface area contributed by atoms with Crippen molar-refractivity contribution < 1.29 is 4.74 Å². The molecule has 18 heavy (non-hydrogen) atoms. The van der Waals surface area contributed by atoms with E-state index in [1.807, 2.05) is 30.3 Å². The predicted molar refractivity (Wildman–Crippen MR) is 74.6 cm³/mol. The quantitative estimate of drug-likeness (QED) is 0.887. The van der Waals surface area contributed by atoms with Crippen LogP contribution < -0.4 is 10.5 Å². The molecular formula is C16H19NO. The molecule has 2 nitrogen and oxygen atoms in total. The Hall–Kier alpha value is -1.80. The van der Waals surface area contributed by atoms with E-state index in [2.05, 4.69) is 32.0 Å². The minimum absolute atomic E-state index is 0.0262. The maximum Gasteiger partial charge on any atom is 0.124 e. The molecule has 0 spiro atoms. The molecule has 2 rings (SSSR count). The number of hydrogen-bond acceptors (Lipinski definition) is 2. The van der Waals surface area contributed by atoms with Crippen LogP contribution in [0.4, 0.5) is 0 Å². The highest BCUT2D eigenvalue weighted by atomic mass is 16.5. The summed E-state index contributed by atoms with van der Waals surface area (Å²) in [4.78, 5) is 0. The summed E-state index contributed by atoms with van der Waals surface area (Å²) in [5, 5.41) is 0. The van der Waals surface area contributed by atoms with Gasteiger partial charge in [-0.15, -0.1) is 0 Å². The van der Waals surface area contributed by atoms with Gasteiger partial charge in [-0.25, -0.2) is 0 Å². The fraction of sp³-hybridized carbons (Fsp3) is 0.250. The van der Waals surface area contributed by atoms with E-state index in [0.717, 1.165) is 11.3 Å². The number of hydrogen-bond donors (Lipinski definition) is 1. The molecule has 0 aliphatic carbocycles. The first-order chi connectivity index (χ1) is 8.70. The lowest BCUT2D eigenvalue weighted by atomic mass is 10.1. The van der Waals surface area contributed by atoms with Crippen molar-refractivity contribution >= 4 is 0 Å². The Morgan fingerprint density at radius 2 is 1.83 bits per heavy atom. The molecule has 0 heterocycles. The van der Waals surface area contributed by atoms with Crippen LogP contribution in [0.5, 0.6) is 5.75 Å². The van der Waals surface area contributed by atoms with Crippen LogP contribution in [0.15, 0.2) is 48.5 Å². The maximum atomic E-state index is 6.02. The van der Waals surface area contributed by atoms with Gasteiger partial charge in [-0.3, -0.25) is 0 Å². The minimum Gasteiger partial charge on any atom is -0.486 e. The van der Waals surface area contributed by atoms with Crippen molar-refractivity contribution in [2.45, 2.75) is 26.5 Å². The zero-order chi connectivity index (χ0) is 13.0. The third-order valence-corrected chi connectivity index (χ3v) is 3.02. The predicted octanol–water partition coefficient (Wildman–Crippen LogP) is 3.59. The number of aryl methyl sites for hydroxylation is 1. The van der Waals surface area contributed by atoms with Crippen molar-refractivity contribution in [2.75, 3.05) is 0 Å². The molecule has 0 bridgehead atoms. The van der Waals surface area contributed by atoms with E-state index in [0.29, 0.717) is 6.54 Å². The van der Waals surface area contributed by atoms with Crippen LogP contribution in [-0.4, -0.2) is 0 Å². The van der Waals surface area contributed by atoms with Crippen molar-refractivity contribution in [3.63, 3.8) is 0 Å². The summed E-state index contributed by atoms with van der Waals surface area (Å²) in [7, 11) is 0. The number of rotatable bonds is 4. The molecule has 0 saturated carbocycles. The van der Waals surface area contributed by atoms with Crippen LogP contribution in [0, 0.1) is 6.92 Å². The lowest BCUT2D eigenvalue weighted by Gasteiger charge is -2.18. The molecule has 0 radical (unpaired) electrons. The van der Waals surface area contributed by atoms with Gasteiger partial charge in [0.05, 0.1) is 0 Å². The number of benzene rings is 2. The van der Waals surface area contributed by atoms with Crippen molar-refractivity contribution in [1.29, 1.82) is 0 Å². The van der Waals surface area contributed by atoms with Crippen LogP contribution in [0.3, 0.4) is 0 Å². The summed E-state index contributed by atoms with van der Waals surface area (Å²) >= 11 is 0. The van der Waals surface area contributed by atoms with Gasteiger partial charge in [0.2, 0.25) is 0 Å². The average Bonchev–Trinajstić information content (AvgIpc) is 2.40. The Morgan fingerprint density at radius 1 is 1.11 bits per heavy atom. The Morgan fingerprint density at radius 3 is 2.50 bits per heavy atom. The zero-order valence-corrected chi connectivity index (χ0v) is 10.9. The van der Waals surface area contributed by atoms with Gasteiger partial charge < -0.3 is 10.5 Å². The first kappa shape index (κ1) is 12.7. The topological polar surface area (TPSA) is 35.2 Å². The summed E-state index contributed by atoms with van der Waals surface area (Å²) in [6.07, 6.45) is 0.0262. The first-order valence-corrected chi connectivity index (χ1v) is 6.22. The molecular weight excluding hydrogens is 222 g/mol. The standard InChI is InChI=1S/C16H19NO/c1-12-8-9-15(11-17)16(10-12)18-13(2)14-6-4-3-5-7-14/h3-10,13H,11,17H2,1-2H3. The highest BCUT2D eigenvalue weighted by molar-refractivity contribution is 5.37. The molecule has 2 N–H and O–H groups in total. The van der Waals surface area contributed by atoms with Crippen LogP contribution in [-0.2, 0) is 6.54 Å². The minimum atomic E-state index is 0.0262. The summed E-state index contributed by atoms with van der Waals surface area (Å²) in [6, 6.07) is 16.3. The molecule has 0 fully saturated rings. The fourth-order valence-electron chi connectivity index (χ4n) is 1.92. The monoisotopic (exact) mass is 241 g/mol. The van der Waals surface area contributed by atoms with Gasteiger partial charge in [0, 0.05) is 12.1 Å². The van der Waals surface area contributed by atoms with E-state index >= 15 is 0 Å². The van der Waals surface area contributed by atoms with Crippen LogP contribution in [0.1, 0.15) is 29.7 Å². The highest BCUT2D eigenvalue weighted by Gasteiger charge is 2.09. The third kappa shape index (κ3) is 2.90. The number of ether oxygens (including phenoxy) is 1. The smallest absolute Gasteiger partial charge is 0.124 e. The summed E-state index contributed by atoms with van der Waals surface area (Å²) in [5.74, 6) is 0.883. The maximum absolute atomic E-state index is 6.02. The average molecular weight is 241 g/mol. The molecule has 0 aromatic heterocycles. The van der Waals surface area contributed by atoms with Crippen molar-refractivity contribution in [3.8, 4) is 5.75 Å². The van der Waals surface area contributed by atoms with Crippen LogP contribution in [0.25, 0.3) is 0 Å². The lowest BCUT2D eigenvalue weighted by Crippen LogP contribution is -2.07. The van der Waals surface area contributed by atoms with Gasteiger partial charge in [0.25, 0.3) is 0 Å². The second-order valence-corrected chi connectivity index (χ2v) is 4.49. The molecule has 0 saturated heterocycles. The third-order valence-electron chi connectivity index (χ3n) is 3.02. The van der Waals surface area contributed by atoms with Gasteiger partial charge in [-0.2, -0.15) is 0 Å². The molecule has 0 amide bonds. The molecule has 2 heteroatoms. The van der Waals surface area contributed by atoms with Gasteiger partial charge in [-0.1, -0.05) is 42.5 Å². The van der Waals surface area contributed by atoms with Crippen molar-refractivity contribution in [3.05, 3.63) is 65.2 Å². The normalized spacial score (nSPS) is 12.2. The zero-order valence-electron chi connectivity index (χ0n) is 10.9. The van der Waals surface area contributed by atoms with E-state index in [4.69, 9.17) is 10.5 Å². The van der Waals surface area contributed by atoms with Crippen molar-refractivity contribution in [1.82, 2.24) is 0 Å². The summed E-state index contributed by atoms with van der Waals surface area (Å²) in [5.41, 5.74) is 9.13. The molecule has 94 valence electrons. The summed E-state index contributed by atoms with van der Waals surface area (Å²) < 4.78 is 6.02. The van der Waals surface area contributed by atoms with Crippen molar-refractivity contribution in [2.24, 2.45) is 5.73 Å². The lowest BCUT2D eigenvalue weighted by molar-refractivity contribution is 0.224. The second kappa shape index (κ2) is 5.69. The van der Waals surface area contributed by atoms with E-state index < -0.39 is 0 Å². The Labute approximate surface area is 108 Å². The van der Waals surface area contributed by atoms with E-state index in [-0.39, 0.29) is 6.10 Å². The molecule has 2 aromatic carbocycles. The van der Waals surface area contributed by atoms with Gasteiger partial charge in [-0.05, 0) is 31.0 Å². The second-order valence-electron chi connectivity index (χ2n) is 4.49. The molecule has 1 atom stereocenters. The molecule has 0 aliphatic rings. The van der Waals surface area contributed by atoms with Gasteiger partial charge in [0.15, 0.2) is 0 Å². The Balaban J connectivity index is 2.21. The molecule has 0 aliphatic heterocycles. The fourth-order valence-corrected chi connectivity index (χ4v) is 1.92. The molecule has 2 aromatic rings. The highest BCUT2D eigenvalue weighted by Crippen LogP contribution is 2.26. The molecule has 1 unspecified atom stereocenters. The Bertz CT molecular complexity index is 508. The van der Waals surface area contributed by atoms with Gasteiger partial charge >= 0.3 is 0 Å².